The van der Waals surface area contributed by atoms with Gasteiger partial charge >= 0.3 is 12.1 Å². The third-order valence-corrected chi connectivity index (χ3v) is 7.87. The van der Waals surface area contributed by atoms with Crippen LogP contribution in [0.15, 0.2) is 71.9 Å². The summed E-state index contributed by atoms with van der Waals surface area (Å²) in [5.41, 5.74) is -1.04. The highest BCUT2D eigenvalue weighted by atomic mass is 32.1. The van der Waals surface area contributed by atoms with Gasteiger partial charge in [-0.2, -0.15) is 13.2 Å². The van der Waals surface area contributed by atoms with Crippen molar-refractivity contribution >= 4 is 28.9 Å². The van der Waals surface area contributed by atoms with E-state index in [9.17, 15) is 23.1 Å². The molecule has 0 radical (unpaired) electrons. The number of pyridine rings is 2. The minimum atomic E-state index is -4.51. The number of carbonyl (C=O) groups excluding carboxylic acids is 1. The normalized spacial score (nSPS) is 21.0. The highest BCUT2D eigenvalue weighted by Gasteiger charge is 2.40. The Balaban J connectivity index is 1.45. The number of aryl methyl sites for hydroxylation is 1. The predicted octanol–water partition coefficient (Wildman–Crippen LogP) is 6.55. The first-order chi connectivity index (χ1) is 19.0. The second kappa shape index (κ2) is 10.6. The second-order valence-corrected chi connectivity index (χ2v) is 10.6. The molecule has 0 saturated heterocycles. The maximum absolute atomic E-state index is 15.0. The predicted molar refractivity (Wildman–Crippen MR) is 141 cm³/mol. The smallest absolute Gasteiger partial charge is 0.416 e. The number of fused-ring (bicyclic) bond motifs is 1. The molecular weight excluding hydrogens is 548 g/mol. The summed E-state index contributed by atoms with van der Waals surface area (Å²) in [5, 5.41) is 15.0. The molecule has 12 heteroatoms. The van der Waals surface area contributed by atoms with Crippen molar-refractivity contribution in [3.05, 3.63) is 88.0 Å². The zero-order chi connectivity index (χ0) is 28.7. The number of aliphatic hydroxyl groups is 1. The van der Waals surface area contributed by atoms with E-state index in [0.717, 1.165) is 30.0 Å². The monoisotopic (exact) mass is 572 g/mol. The molecule has 7 nitrogen and oxygen atoms in total. The van der Waals surface area contributed by atoms with Crippen molar-refractivity contribution in [2.75, 3.05) is 12.4 Å². The number of ether oxygens (including phenoxy) is 1. The molecule has 208 valence electrons. The van der Waals surface area contributed by atoms with Crippen LogP contribution >= 0.6 is 11.3 Å². The van der Waals surface area contributed by atoms with Crippen LogP contribution in [0.1, 0.15) is 35.4 Å². The molecule has 0 aromatic carbocycles. The molecule has 0 amide bonds. The van der Waals surface area contributed by atoms with Gasteiger partial charge in [-0.1, -0.05) is 12.2 Å². The van der Waals surface area contributed by atoms with Crippen LogP contribution in [0.2, 0.25) is 0 Å². The first kappa shape index (κ1) is 27.7. The number of nitrogens with zero attached hydrogens (tertiary/aromatic N) is 3. The second-order valence-electron chi connectivity index (χ2n) is 9.60. The van der Waals surface area contributed by atoms with Gasteiger partial charge < -0.3 is 15.2 Å². The fraction of sp³-hybridized carbons (Fsp3) is 0.286. The molecule has 3 aromatic rings. The molecule has 0 saturated carbocycles. The summed E-state index contributed by atoms with van der Waals surface area (Å²) in [6, 6.07) is 5.24. The number of alkyl halides is 3. The summed E-state index contributed by atoms with van der Waals surface area (Å²) in [6.07, 6.45) is 4.02. The van der Waals surface area contributed by atoms with Crippen molar-refractivity contribution in [1.29, 1.82) is 0 Å². The van der Waals surface area contributed by atoms with E-state index in [-0.39, 0.29) is 23.1 Å². The van der Waals surface area contributed by atoms with Gasteiger partial charge in [0.1, 0.15) is 28.1 Å². The van der Waals surface area contributed by atoms with Crippen molar-refractivity contribution < 1.29 is 32.2 Å². The van der Waals surface area contributed by atoms with E-state index >= 15 is 4.39 Å². The van der Waals surface area contributed by atoms with Gasteiger partial charge in [0.25, 0.3) is 0 Å². The first-order valence-corrected chi connectivity index (χ1v) is 13.2. The quantitative estimate of drug-likeness (QED) is 0.264. The summed E-state index contributed by atoms with van der Waals surface area (Å²) >= 11 is 1.18. The molecule has 0 aliphatic heterocycles. The fourth-order valence-electron chi connectivity index (χ4n) is 4.75. The van der Waals surface area contributed by atoms with Crippen LogP contribution in [-0.2, 0) is 21.3 Å². The van der Waals surface area contributed by atoms with E-state index in [4.69, 9.17) is 4.74 Å². The van der Waals surface area contributed by atoms with Gasteiger partial charge in [0.05, 0.1) is 28.8 Å². The molecule has 40 heavy (non-hydrogen) atoms. The van der Waals surface area contributed by atoms with Crippen molar-refractivity contribution in [3.8, 4) is 10.6 Å². The number of halogens is 4. The van der Waals surface area contributed by atoms with E-state index in [2.05, 4.69) is 20.3 Å². The number of hydrogen-bond donors (Lipinski definition) is 2. The molecule has 2 aliphatic rings. The number of allylic oxidation sites excluding steroid dienone is 2. The fourth-order valence-corrected chi connectivity index (χ4v) is 5.77. The largest absolute Gasteiger partial charge is 0.465 e. The molecule has 3 heterocycles. The molecule has 2 aliphatic carbocycles. The topological polar surface area (TPSA) is 97.2 Å². The molecule has 2 N–H and O–H groups in total. The molecule has 3 aromatic heterocycles. The Bertz CT molecular complexity index is 1560. The average molecular weight is 573 g/mol. The minimum absolute atomic E-state index is 0.0137. The Morgan fingerprint density at radius 3 is 2.75 bits per heavy atom. The van der Waals surface area contributed by atoms with Crippen molar-refractivity contribution in [1.82, 2.24) is 15.0 Å². The van der Waals surface area contributed by atoms with E-state index in [1.54, 1.807) is 24.4 Å². The van der Waals surface area contributed by atoms with Gasteiger partial charge in [-0.3, -0.25) is 0 Å². The van der Waals surface area contributed by atoms with E-state index in [0.29, 0.717) is 40.4 Å². The van der Waals surface area contributed by atoms with Crippen molar-refractivity contribution in [2.45, 2.75) is 38.0 Å². The van der Waals surface area contributed by atoms with Gasteiger partial charge in [-0.25, -0.2) is 24.1 Å². The third-order valence-electron chi connectivity index (χ3n) is 6.70. The Morgan fingerprint density at radius 1 is 1.20 bits per heavy atom. The summed E-state index contributed by atoms with van der Waals surface area (Å²) in [6.45, 7) is 1.81. The number of anilines is 2. The lowest BCUT2D eigenvalue weighted by Crippen LogP contribution is -2.27. The van der Waals surface area contributed by atoms with Crippen LogP contribution in [0.5, 0.6) is 0 Å². The van der Waals surface area contributed by atoms with Crippen LogP contribution in [0.4, 0.5) is 29.2 Å². The Hall–Kier alpha value is -3.90. The minimum Gasteiger partial charge on any atom is -0.465 e. The zero-order valence-electron chi connectivity index (χ0n) is 21.4. The number of thiazole rings is 1. The maximum atomic E-state index is 15.0. The zero-order valence-corrected chi connectivity index (χ0v) is 22.2. The number of rotatable bonds is 5. The van der Waals surface area contributed by atoms with Gasteiger partial charge in [-0.05, 0) is 73.6 Å². The summed E-state index contributed by atoms with van der Waals surface area (Å²) in [5.74, 6) is -1.58. The molecule has 0 spiro atoms. The molecule has 5 rings (SSSR count). The molecule has 2 bridgehead atoms. The molecular formula is C28H24F4N4O3S. The Morgan fingerprint density at radius 2 is 2.00 bits per heavy atom. The highest BCUT2D eigenvalue weighted by molar-refractivity contribution is 7.15. The highest BCUT2D eigenvalue weighted by Crippen LogP contribution is 2.45. The van der Waals surface area contributed by atoms with Crippen molar-refractivity contribution in [2.24, 2.45) is 5.92 Å². The third kappa shape index (κ3) is 5.54. The van der Waals surface area contributed by atoms with E-state index < -0.39 is 29.1 Å². The van der Waals surface area contributed by atoms with Crippen LogP contribution in [0.3, 0.4) is 0 Å². The Labute approximate surface area is 231 Å². The summed E-state index contributed by atoms with van der Waals surface area (Å²) in [4.78, 5) is 25.6. The van der Waals surface area contributed by atoms with Crippen LogP contribution in [-0.4, -0.2) is 33.1 Å². The molecule has 0 fully saturated rings. The number of methoxy groups -OCH3 is 1. The number of hydrogen-bond acceptors (Lipinski definition) is 8. The standard InChI is InChI=1S/C28H24F4N4O3S/c1-15-8-21(35-24(9-15)36-23-13-17(5-7-33-23)28(30,31)32)22-14-34-26(40-22)27(38)6-3-4-16-10-18(27)12-20(29)19(11-16)25(37)39-2/h5,7-14,16,38H,3-4,6H2,1-2H3,(H,33,35,36). The van der Waals surface area contributed by atoms with E-state index in [1.807, 2.05) is 6.92 Å². The van der Waals surface area contributed by atoms with Gasteiger partial charge in [-0.15, -0.1) is 11.3 Å². The lowest BCUT2D eigenvalue weighted by Gasteiger charge is -2.26. The lowest BCUT2D eigenvalue weighted by atomic mass is 9.89. The summed E-state index contributed by atoms with van der Waals surface area (Å²) in [7, 11) is 1.18. The number of nitrogens with one attached hydrogen (secondary N) is 1. The lowest BCUT2D eigenvalue weighted by molar-refractivity contribution is -0.138. The van der Waals surface area contributed by atoms with E-state index in [1.165, 1.54) is 24.5 Å². The van der Waals surface area contributed by atoms with Crippen LogP contribution < -0.4 is 5.32 Å². The number of aromatic nitrogens is 3. The maximum Gasteiger partial charge on any atom is 0.416 e. The Kier molecular flexibility index (Phi) is 7.32. The summed E-state index contributed by atoms with van der Waals surface area (Å²) < 4.78 is 59.1. The van der Waals surface area contributed by atoms with Crippen LogP contribution in [0.25, 0.3) is 10.6 Å². The molecule has 2 atom stereocenters. The number of esters is 1. The van der Waals surface area contributed by atoms with Gasteiger partial charge in [0, 0.05) is 12.4 Å². The van der Waals surface area contributed by atoms with Gasteiger partial charge in [0.2, 0.25) is 0 Å². The SMILES string of the molecule is COC(=O)C1=CC2C=C(C=C1F)C(O)(c1ncc(-c3cc(C)cc(Nc4cc(C(F)(F)F)ccn4)n3)s1)CCC2. The first-order valence-electron chi connectivity index (χ1n) is 12.3. The molecule has 2 unspecified atom stereocenters. The average Bonchev–Trinajstić information content (AvgIpc) is 3.28. The van der Waals surface area contributed by atoms with Crippen LogP contribution in [0, 0.1) is 12.8 Å². The van der Waals surface area contributed by atoms with Crippen molar-refractivity contribution in [3.63, 3.8) is 0 Å². The number of carbonyl (C=O) groups is 1. The van der Waals surface area contributed by atoms with Gasteiger partial charge in [0.15, 0.2) is 0 Å².